The minimum absolute atomic E-state index is 0.106. The van der Waals surface area contributed by atoms with Crippen LogP contribution in [0.3, 0.4) is 0 Å². The van der Waals surface area contributed by atoms with E-state index in [0.717, 1.165) is 42.5 Å². The van der Waals surface area contributed by atoms with E-state index in [1.54, 1.807) is 18.2 Å². The molecule has 3 aromatic rings. The first-order valence-electron chi connectivity index (χ1n) is 10.5. The van der Waals surface area contributed by atoms with Crippen molar-refractivity contribution >= 4 is 0 Å². The fourth-order valence-electron chi connectivity index (χ4n) is 3.82. The van der Waals surface area contributed by atoms with Crippen molar-refractivity contribution in [2.24, 2.45) is 0 Å². The van der Waals surface area contributed by atoms with Crippen molar-refractivity contribution in [2.45, 2.75) is 58.0 Å². The summed E-state index contributed by atoms with van der Waals surface area (Å²) in [6.45, 7) is 2.73. The van der Waals surface area contributed by atoms with E-state index in [1.807, 2.05) is 25.1 Å². The molecule has 1 heterocycles. The summed E-state index contributed by atoms with van der Waals surface area (Å²) in [6, 6.07) is 15.8. The zero-order valence-electron chi connectivity index (χ0n) is 17.5. The third kappa shape index (κ3) is 5.57. The third-order valence-corrected chi connectivity index (χ3v) is 5.56. The highest BCUT2D eigenvalue weighted by atomic mass is 19.1. The van der Waals surface area contributed by atoms with Crippen molar-refractivity contribution in [1.82, 2.24) is 4.98 Å². The van der Waals surface area contributed by atoms with E-state index >= 15 is 0 Å². The lowest BCUT2D eigenvalue weighted by Gasteiger charge is -2.29. The molecule has 1 aromatic heterocycles. The van der Waals surface area contributed by atoms with Gasteiger partial charge in [-0.15, -0.1) is 0 Å². The van der Waals surface area contributed by atoms with Gasteiger partial charge >= 0.3 is 0 Å². The maximum Gasteiger partial charge on any atom is 0.226 e. The Morgan fingerprint density at radius 1 is 1.10 bits per heavy atom. The molecule has 0 aliphatic heterocycles. The van der Waals surface area contributed by atoms with Crippen LogP contribution < -0.4 is 0 Å². The van der Waals surface area contributed by atoms with Crippen molar-refractivity contribution in [2.75, 3.05) is 0 Å². The number of benzene rings is 2. The second kappa shape index (κ2) is 9.86. The summed E-state index contributed by atoms with van der Waals surface area (Å²) in [5, 5.41) is 9.03. The van der Waals surface area contributed by atoms with Crippen molar-refractivity contribution in [3.05, 3.63) is 76.9 Å². The highest BCUT2D eigenvalue weighted by molar-refractivity contribution is 5.53. The first-order chi connectivity index (χ1) is 15.1. The molecule has 0 spiro atoms. The second-order valence-corrected chi connectivity index (χ2v) is 7.87. The Kier molecular flexibility index (Phi) is 6.76. The van der Waals surface area contributed by atoms with Crippen LogP contribution >= 0.6 is 0 Å². The van der Waals surface area contributed by atoms with Gasteiger partial charge in [0.05, 0.1) is 37.1 Å². The van der Waals surface area contributed by atoms with Crippen LogP contribution in [0.1, 0.15) is 48.3 Å². The lowest BCUT2D eigenvalue weighted by Crippen LogP contribution is -2.28. The summed E-state index contributed by atoms with van der Waals surface area (Å²) in [4.78, 5) is 4.53. The predicted molar refractivity (Wildman–Crippen MR) is 113 cm³/mol. The summed E-state index contributed by atoms with van der Waals surface area (Å²) < 4.78 is 31.1. The molecule has 31 heavy (non-hydrogen) atoms. The molecule has 2 aromatic carbocycles. The number of nitriles is 1. The fraction of sp³-hybridized carbons (Fsp3) is 0.360. The molecule has 5 nitrogen and oxygen atoms in total. The topological polar surface area (TPSA) is 68.3 Å². The van der Waals surface area contributed by atoms with Crippen LogP contribution in [0.2, 0.25) is 0 Å². The fourth-order valence-corrected chi connectivity index (χ4v) is 3.82. The van der Waals surface area contributed by atoms with Gasteiger partial charge in [-0.3, -0.25) is 0 Å². The smallest absolute Gasteiger partial charge is 0.226 e. The molecule has 0 N–H and O–H groups in total. The predicted octanol–water partition coefficient (Wildman–Crippen LogP) is 5.71. The Morgan fingerprint density at radius 2 is 1.84 bits per heavy atom. The summed E-state index contributed by atoms with van der Waals surface area (Å²) in [5.41, 5.74) is 3.15. The van der Waals surface area contributed by atoms with Gasteiger partial charge in [0.2, 0.25) is 5.89 Å². The SMILES string of the molecule is Cc1oc(-c2ccc(F)cc2)nc1CO[C@@H]1CCC[C@H](OCc2cccc(C#N)c2)C1. The van der Waals surface area contributed by atoms with Crippen LogP contribution in [0.15, 0.2) is 52.9 Å². The van der Waals surface area contributed by atoms with Gasteiger partial charge in [0.1, 0.15) is 17.3 Å². The van der Waals surface area contributed by atoms with Crippen LogP contribution in [-0.4, -0.2) is 17.2 Å². The maximum atomic E-state index is 13.1. The van der Waals surface area contributed by atoms with Crippen molar-refractivity contribution in [3.8, 4) is 17.5 Å². The van der Waals surface area contributed by atoms with E-state index < -0.39 is 0 Å². The van der Waals surface area contributed by atoms with E-state index in [-0.39, 0.29) is 18.0 Å². The number of halogens is 1. The third-order valence-electron chi connectivity index (χ3n) is 5.56. The van der Waals surface area contributed by atoms with Gasteiger partial charge in [-0.2, -0.15) is 5.26 Å². The minimum Gasteiger partial charge on any atom is -0.441 e. The highest BCUT2D eigenvalue weighted by Crippen LogP contribution is 2.27. The number of oxazole rings is 1. The van der Waals surface area contributed by atoms with Crippen molar-refractivity contribution in [3.63, 3.8) is 0 Å². The average molecular weight is 420 g/mol. The number of rotatable bonds is 7. The number of hydrogen-bond donors (Lipinski definition) is 0. The van der Waals surface area contributed by atoms with Gasteiger partial charge in [0, 0.05) is 5.56 Å². The quantitative estimate of drug-likeness (QED) is 0.490. The zero-order chi connectivity index (χ0) is 21.6. The highest BCUT2D eigenvalue weighted by Gasteiger charge is 2.24. The largest absolute Gasteiger partial charge is 0.441 e. The van der Waals surface area contributed by atoms with Crippen LogP contribution in [-0.2, 0) is 22.7 Å². The number of aryl methyl sites for hydroxylation is 1. The molecule has 6 heteroatoms. The summed E-state index contributed by atoms with van der Waals surface area (Å²) >= 11 is 0. The van der Waals surface area contributed by atoms with Crippen LogP contribution in [0, 0.1) is 24.1 Å². The molecule has 1 saturated carbocycles. The Bertz CT molecular complexity index is 1060. The van der Waals surface area contributed by atoms with Crippen molar-refractivity contribution < 1.29 is 18.3 Å². The molecule has 0 saturated heterocycles. The molecule has 1 aliphatic carbocycles. The van der Waals surface area contributed by atoms with E-state index in [4.69, 9.17) is 19.2 Å². The Balaban J connectivity index is 1.30. The molecule has 0 bridgehead atoms. The average Bonchev–Trinajstić information content (AvgIpc) is 3.17. The Morgan fingerprint density at radius 3 is 2.58 bits per heavy atom. The molecule has 1 aliphatic rings. The molecule has 0 radical (unpaired) electrons. The molecule has 2 atom stereocenters. The van der Waals surface area contributed by atoms with E-state index in [9.17, 15) is 4.39 Å². The van der Waals surface area contributed by atoms with Gasteiger partial charge in [0.25, 0.3) is 0 Å². The maximum absolute atomic E-state index is 13.1. The lowest BCUT2D eigenvalue weighted by atomic mass is 9.95. The normalized spacial score (nSPS) is 18.6. The molecule has 4 rings (SSSR count). The lowest BCUT2D eigenvalue weighted by molar-refractivity contribution is -0.0562. The van der Waals surface area contributed by atoms with Crippen LogP contribution in [0.5, 0.6) is 0 Å². The standard InChI is InChI=1S/C25H25FN2O3/c1-17-24(28-25(31-17)20-8-10-21(26)11-9-20)16-30-23-7-3-6-22(13-23)29-15-19-5-2-4-18(12-19)14-27/h2,4-5,8-12,22-23H,3,6-7,13,15-16H2,1H3/t22-,23+/m0/s1. The molecule has 0 amide bonds. The van der Waals surface area contributed by atoms with E-state index in [0.29, 0.717) is 30.4 Å². The van der Waals surface area contributed by atoms with Crippen molar-refractivity contribution in [1.29, 1.82) is 5.26 Å². The summed E-state index contributed by atoms with van der Waals surface area (Å²) in [6.07, 6.45) is 4.12. The minimum atomic E-state index is -0.289. The second-order valence-electron chi connectivity index (χ2n) is 7.87. The summed E-state index contributed by atoms with van der Waals surface area (Å²) in [7, 11) is 0. The van der Waals surface area contributed by atoms with E-state index in [1.165, 1.54) is 12.1 Å². The van der Waals surface area contributed by atoms with Crippen LogP contribution in [0.25, 0.3) is 11.5 Å². The number of nitrogens with zero attached hydrogens (tertiary/aromatic N) is 2. The van der Waals surface area contributed by atoms with E-state index in [2.05, 4.69) is 11.1 Å². The number of ether oxygens (including phenoxy) is 2. The molecular weight excluding hydrogens is 395 g/mol. The van der Waals surface area contributed by atoms with Gasteiger partial charge in [-0.25, -0.2) is 9.37 Å². The first-order valence-corrected chi connectivity index (χ1v) is 10.5. The van der Waals surface area contributed by atoms with Gasteiger partial charge in [0.15, 0.2) is 0 Å². The van der Waals surface area contributed by atoms with Gasteiger partial charge in [-0.1, -0.05) is 12.1 Å². The molecule has 0 unspecified atom stereocenters. The van der Waals surface area contributed by atoms with Crippen LogP contribution in [0.4, 0.5) is 4.39 Å². The molecule has 1 fully saturated rings. The molecular formula is C25H25FN2O3. The zero-order valence-corrected chi connectivity index (χ0v) is 17.5. The Hall–Kier alpha value is -3.01. The Labute approximate surface area is 181 Å². The summed E-state index contributed by atoms with van der Waals surface area (Å²) in [5.74, 6) is 0.892. The molecule has 160 valence electrons. The first kappa shape index (κ1) is 21.2. The number of aromatic nitrogens is 1. The monoisotopic (exact) mass is 420 g/mol. The van der Waals surface area contributed by atoms with Gasteiger partial charge < -0.3 is 13.9 Å². The van der Waals surface area contributed by atoms with Gasteiger partial charge in [-0.05, 0) is 74.6 Å². The number of hydrogen-bond acceptors (Lipinski definition) is 5.